The van der Waals surface area contributed by atoms with Crippen LogP contribution in [0.3, 0.4) is 0 Å². The molecule has 1 heterocycles. The first-order valence-electron chi connectivity index (χ1n) is 7.00. The van der Waals surface area contributed by atoms with Gasteiger partial charge in [0.05, 0.1) is 10.6 Å². The number of nitrogens with one attached hydrogen (secondary N) is 1. The second kappa shape index (κ2) is 6.78. The first-order valence-corrected chi connectivity index (χ1v) is 7.00. The van der Waals surface area contributed by atoms with Crippen molar-refractivity contribution in [2.24, 2.45) is 0 Å². The number of hydrogen-bond acceptors (Lipinski definition) is 5. The van der Waals surface area contributed by atoms with Gasteiger partial charge in [-0.3, -0.25) is 10.1 Å². The Hall–Kier alpha value is -2.50. The molecule has 0 aliphatic heterocycles. The van der Waals surface area contributed by atoms with Gasteiger partial charge >= 0.3 is 0 Å². The third kappa shape index (κ3) is 3.34. The fourth-order valence-corrected chi connectivity index (χ4v) is 2.16. The van der Waals surface area contributed by atoms with Crippen LogP contribution in [0.1, 0.15) is 25.8 Å². The Kier molecular flexibility index (Phi) is 4.81. The molecule has 1 N–H and O–H groups in total. The van der Waals surface area contributed by atoms with Crippen LogP contribution < -0.4 is 5.32 Å². The molecule has 1 aromatic heterocycles. The average molecular weight is 286 g/mol. The van der Waals surface area contributed by atoms with Gasteiger partial charge in [0, 0.05) is 29.8 Å². The van der Waals surface area contributed by atoms with Crippen molar-refractivity contribution >= 4 is 11.5 Å². The predicted octanol–water partition coefficient (Wildman–Crippen LogP) is 3.44. The van der Waals surface area contributed by atoms with Crippen molar-refractivity contribution in [3.05, 3.63) is 46.3 Å². The normalized spacial score (nSPS) is 10.4. The standard InChI is InChI=1S/C15H18N4O2/c1-3-8-16-15-13(4-2)14(17-10-18-15)11-6-5-7-12(9-11)19(20)21/h5-7,9-10H,3-4,8H2,1-2H3,(H,16,17,18). The van der Waals surface area contributed by atoms with E-state index >= 15 is 0 Å². The van der Waals surface area contributed by atoms with Gasteiger partial charge in [0.25, 0.3) is 5.69 Å². The van der Waals surface area contributed by atoms with E-state index in [9.17, 15) is 10.1 Å². The van der Waals surface area contributed by atoms with Crippen LogP contribution >= 0.6 is 0 Å². The predicted molar refractivity (Wildman–Crippen MR) is 82.3 cm³/mol. The summed E-state index contributed by atoms with van der Waals surface area (Å²) in [6.07, 6.45) is 3.25. The van der Waals surface area contributed by atoms with E-state index in [4.69, 9.17) is 0 Å². The first kappa shape index (κ1) is 14.9. The molecule has 2 aromatic rings. The van der Waals surface area contributed by atoms with E-state index in [0.717, 1.165) is 42.0 Å². The third-order valence-electron chi connectivity index (χ3n) is 3.17. The smallest absolute Gasteiger partial charge is 0.270 e. The topological polar surface area (TPSA) is 81.0 Å². The maximum Gasteiger partial charge on any atom is 0.270 e. The molecule has 21 heavy (non-hydrogen) atoms. The van der Waals surface area contributed by atoms with Crippen molar-refractivity contribution in [3.8, 4) is 11.3 Å². The van der Waals surface area contributed by atoms with E-state index in [1.54, 1.807) is 12.1 Å². The van der Waals surface area contributed by atoms with E-state index in [1.807, 2.05) is 13.0 Å². The number of nitro groups is 1. The van der Waals surface area contributed by atoms with E-state index < -0.39 is 4.92 Å². The Bertz CT molecular complexity index is 643. The molecule has 0 saturated heterocycles. The zero-order valence-electron chi connectivity index (χ0n) is 12.2. The number of anilines is 1. The summed E-state index contributed by atoms with van der Waals surface area (Å²) in [5.41, 5.74) is 2.53. The third-order valence-corrected chi connectivity index (χ3v) is 3.17. The number of non-ortho nitro benzene ring substituents is 1. The average Bonchev–Trinajstić information content (AvgIpc) is 2.52. The summed E-state index contributed by atoms with van der Waals surface area (Å²) in [6.45, 7) is 4.94. The first-order chi connectivity index (χ1) is 10.2. The van der Waals surface area contributed by atoms with Crippen LogP contribution in [0.15, 0.2) is 30.6 Å². The second-order valence-corrected chi connectivity index (χ2v) is 4.64. The molecule has 6 nitrogen and oxygen atoms in total. The fourth-order valence-electron chi connectivity index (χ4n) is 2.16. The van der Waals surface area contributed by atoms with E-state index in [0.29, 0.717) is 0 Å². The Morgan fingerprint density at radius 3 is 2.76 bits per heavy atom. The number of nitro benzene ring substituents is 1. The number of benzene rings is 1. The van der Waals surface area contributed by atoms with Crippen molar-refractivity contribution in [1.82, 2.24) is 9.97 Å². The van der Waals surface area contributed by atoms with Gasteiger partial charge in [0.15, 0.2) is 0 Å². The van der Waals surface area contributed by atoms with Crippen LogP contribution in [-0.2, 0) is 6.42 Å². The Labute approximate surface area is 123 Å². The molecule has 0 aliphatic rings. The molecule has 2 rings (SSSR count). The molecule has 0 atom stereocenters. The molecule has 110 valence electrons. The van der Waals surface area contributed by atoms with Crippen LogP contribution in [-0.4, -0.2) is 21.4 Å². The SMILES string of the molecule is CCCNc1ncnc(-c2cccc([N+](=O)[O-])c2)c1CC. The molecular weight excluding hydrogens is 268 g/mol. The molecular formula is C15H18N4O2. The molecule has 0 saturated carbocycles. The van der Waals surface area contributed by atoms with Crippen molar-refractivity contribution in [3.63, 3.8) is 0 Å². The summed E-state index contributed by atoms with van der Waals surface area (Å²) < 4.78 is 0. The van der Waals surface area contributed by atoms with Gasteiger partial charge in [-0.15, -0.1) is 0 Å². The van der Waals surface area contributed by atoms with Crippen molar-refractivity contribution < 1.29 is 4.92 Å². The zero-order valence-corrected chi connectivity index (χ0v) is 12.2. The quantitative estimate of drug-likeness (QED) is 0.650. The van der Waals surface area contributed by atoms with Gasteiger partial charge in [-0.2, -0.15) is 0 Å². The molecule has 0 fully saturated rings. The summed E-state index contributed by atoms with van der Waals surface area (Å²) in [4.78, 5) is 19.1. The lowest BCUT2D eigenvalue weighted by Gasteiger charge is -2.12. The largest absolute Gasteiger partial charge is 0.370 e. The molecule has 0 spiro atoms. The summed E-state index contributed by atoms with van der Waals surface area (Å²) in [5.74, 6) is 0.802. The molecule has 0 unspecified atom stereocenters. The number of rotatable bonds is 6. The molecule has 0 aliphatic carbocycles. The van der Waals surface area contributed by atoms with Crippen LogP contribution in [0.25, 0.3) is 11.3 Å². The lowest BCUT2D eigenvalue weighted by Crippen LogP contribution is -2.07. The van der Waals surface area contributed by atoms with Gasteiger partial charge in [0.1, 0.15) is 12.1 Å². The van der Waals surface area contributed by atoms with E-state index in [1.165, 1.54) is 12.4 Å². The summed E-state index contributed by atoms with van der Waals surface area (Å²) >= 11 is 0. The molecule has 0 radical (unpaired) electrons. The minimum atomic E-state index is -0.396. The lowest BCUT2D eigenvalue weighted by atomic mass is 10.0. The highest BCUT2D eigenvalue weighted by Gasteiger charge is 2.14. The summed E-state index contributed by atoms with van der Waals surface area (Å²) in [7, 11) is 0. The van der Waals surface area contributed by atoms with Gasteiger partial charge < -0.3 is 5.32 Å². The minimum absolute atomic E-state index is 0.0660. The Morgan fingerprint density at radius 2 is 2.10 bits per heavy atom. The highest BCUT2D eigenvalue weighted by molar-refractivity contribution is 5.70. The van der Waals surface area contributed by atoms with Crippen molar-refractivity contribution in [2.45, 2.75) is 26.7 Å². The summed E-state index contributed by atoms with van der Waals surface area (Å²) in [5, 5.41) is 14.2. The maximum atomic E-state index is 10.9. The Morgan fingerprint density at radius 1 is 1.29 bits per heavy atom. The van der Waals surface area contributed by atoms with Crippen molar-refractivity contribution in [1.29, 1.82) is 0 Å². The molecule has 0 bridgehead atoms. The highest BCUT2D eigenvalue weighted by atomic mass is 16.6. The Balaban J connectivity index is 2.48. The monoisotopic (exact) mass is 286 g/mol. The zero-order chi connectivity index (χ0) is 15.2. The fraction of sp³-hybridized carbons (Fsp3) is 0.333. The number of hydrogen-bond donors (Lipinski definition) is 1. The van der Waals surface area contributed by atoms with Crippen molar-refractivity contribution in [2.75, 3.05) is 11.9 Å². The van der Waals surface area contributed by atoms with E-state index in [-0.39, 0.29) is 5.69 Å². The summed E-state index contributed by atoms with van der Waals surface area (Å²) in [6, 6.07) is 6.53. The minimum Gasteiger partial charge on any atom is -0.370 e. The van der Waals surface area contributed by atoms with Crippen LogP contribution in [0.4, 0.5) is 11.5 Å². The van der Waals surface area contributed by atoms with E-state index in [2.05, 4.69) is 22.2 Å². The number of nitrogens with zero attached hydrogens (tertiary/aromatic N) is 3. The van der Waals surface area contributed by atoms with Crippen LogP contribution in [0, 0.1) is 10.1 Å². The highest BCUT2D eigenvalue weighted by Crippen LogP contribution is 2.28. The van der Waals surface area contributed by atoms with Gasteiger partial charge in [-0.1, -0.05) is 26.0 Å². The lowest BCUT2D eigenvalue weighted by molar-refractivity contribution is -0.384. The molecule has 1 aromatic carbocycles. The maximum absolute atomic E-state index is 10.9. The molecule has 6 heteroatoms. The van der Waals surface area contributed by atoms with Gasteiger partial charge in [-0.25, -0.2) is 9.97 Å². The number of aromatic nitrogens is 2. The van der Waals surface area contributed by atoms with Crippen LogP contribution in [0.2, 0.25) is 0 Å². The van der Waals surface area contributed by atoms with Crippen LogP contribution in [0.5, 0.6) is 0 Å². The van der Waals surface area contributed by atoms with Gasteiger partial charge in [-0.05, 0) is 12.8 Å². The molecule has 0 amide bonds. The second-order valence-electron chi connectivity index (χ2n) is 4.64. The van der Waals surface area contributed by atoms with Gasteiger partial charge in [0.2, 0.25) is 0 Å².